The zero-order valence-corrected chi connectivity index (χ0v) is 12.8. The summed E-state index contributed by atoms with van der Waals surface area (Å²) in [6.45, 7) is 4.46. The molecule has 0 radical (unpaired) electrons. The van der Waals surface area contributed by atoms with Crippen LogP contribution in [0, 0.1) is 12.8 Å². The van der Waals surface area contributed by atoms with Gasteiger partial charge < -0.3 is 15.2 Å². The van der Waals surface area contributed by atoms with Crippen LogP contribution in [0.3, 0.4) is 0 Å². The van der Waals surface area contributed by atoms with Crippen molar-refractivity contribution >= 4 is 17.3 Å². The predicted molar refractivity (Wildman–Crippen MR) is 83.5 cm³/mol. The lowest BCUT2D eigenvalue weighted by molar-refractivity contribution is -0.117. The fourth-order valence-corrected chi connectivity index (χ4v) is 2.16. The minimum atomic E-state index is 0.110. The molecule has 6 heteroatoms. The van der Waals surface area contributed by atoms with E-state index in [2.05, 4.69) is 20.8 Å². The third-order valence-corrected chi connectivity index (χ3v) is 3.71. The molecule has 1 aromatic carbocycles. The lowest BCUT2D eigenvalue weighted by Gasteiger charge is -2.11. The summed E-state index contributed by atoms with van der Waals surface area (Å²) < 4.78 is 5.16. The quantitative estimate of drug-likeness (QED) is 0.857. The maximum atomic E-state index is 11.8. The monoisotopic (exact) mass is 300 g/mol. The number of aryl methyl sites for hydroxylation is 2. The molecule has 1 aliphatic carbocycles. The highest BCUT2D eigenvalue weighted by molar-refractivity contribution is 5.94. The van der Waals surface area contributed by atoms with Gasteiger partial charge in [0.15, 0.2) is 5.82 Å². The third kappa shape index (κ3) is 3.44. The molecular weight excluding hydrogens is 280 g/mol. The minimum absolute atomic E-state index is 0.110. The predicted octanol–water partition coefficient (Wildman–Crippen LogP) is 2.90. The van der Waals surface area contributed by atoms with Gasteiger partial charge in [0.2, 0.25) is 11.8 Å². The van der Waals surface area contributed by atoms with E-state index in [9.17, 15) is 4.79 Å². The molecule has 1 fully saturated rings. The molecule has 1 amide bonds. The summed E-state index contributed by atoms with van der Waals surface area (Å²) in [5.41, 5.74) is 2.86. The van der Waals surface area contributed by atoms with Crippen LogP contribution in [0.1, 0.15) is 37.0 Å². The van der Waals surface area contributed by atoms with Gasteiger partial charge in [0.05, 0.1) is 6.54 Å². The Hall–Kier alpha value is -2.37. The third-order valence-electron chi connectivity index (χ3n) is 3.71. The van der Waals surface area contributed by atoms with Gasteiger partial charge in [-0.3, -0.25) is 4.79 Å². The van der Waals surface area contributed by atoms with E-state index >= 15 is 0 Å². The Morgan fingerprint density at radius 1 is 1.41 bits per heavy atom. The van der Waals surface area contributed by atoms with Crippen molar-refractivity contribution in [3.63, 3.8) is 0 Å². The second kappa shape index (κ2) is 6.17. The Balaban J connectivity index is 1.65. The van der Waals surface area contributed by atoms with Gasteiger partial charge in [0.25, 0.3) is 0 Å². The summed E-state index contributed by atoms with van der Waals surface area (Å²) in [6, 6.07) is 5.84. The first kappa shape index (κ1) is 14.6. The zero-order valence-electron chi connectivity index (χ0n) is 12.8. The average molecular weight is 300 g/mol. The van der Waals surface area contributed by atoms with E-state index in [1.54, 1.807) is 0 Å². The molecule has 22 heavy (non-hydrogen) atoms. The second-order valence-corrected chi connectivity index (χ2v) is 5.60. The van der Waals surface area contributed by atoms with Gasteiger partial charge in [-0.15, -0.1) is 0 Å². The molecule has 0 spiro atoms. The molecular formula is C16H20N4O2. The van der Waals surface area contributed by atoms with Crippen molar-refractivity contribution in [2.24, 2.45) is 5.92 Å². The van der Waals surface area contributed by atoms with E-state index in [4.69, 9.17) is 4.52 Å². The summed E-state index contributed by atoms with van der Waals surface area (Å²) in [6.07, 6.45) is 2.75. The summed E-state index contributed by atoms with van der Waals surface area (Å²) in [4.78, 5) is 16.1. The Morgan fingerprint density at radius 3 is 2.91 bits per heavy atom. The Labute approximate surface area is 129 Å². The number of aromatic nitrogens is 2. The molecule has 1 aromatic heterocycles. The topological polar surface area (TPSA) is 80.0 Å². The maximum Gasteiger partial charge on any atom is 0.245 e. The molecule has 0 atom stereocenters. The Bertz CT molecular complexity index is 677. The van der Waals surface area contributed by atoms with Gasteiger partial charge >= 0.3 is 0 Å². The van der Waals surface area contributed by atoms with Gasteiger partial charge in [-0.2, -0.15) is 4.98 Å². The number of rotatable bonds is 6. The number of anilines is 2. The van der Waals surface area contributed by atoms with Crippen molar-refractivity contribution in [3.8, 4) is 0 Å². The van der Waals surface area contributed by atoms with E-state index in [1.165, 1.54) is 0 Å². The molecule has 2 N–H and O–H groups in total. The first-order valence-corrected chi connectivity index (χ1v) is 7.62. The number of nitrogens with one attached hydrogen (secondary N) is 2. The van der Waals surface area contributed by atoms with Crippen molar-refractivity contribution in [2.75, 3.05) is 10.6 Å². The molecule has 0 saturated heterocycles. The van der Waals surface area contributed by atoms with Crippen molar-refractivity contribution in [3.05, 3.63) is 35.5 Å². The molecule has 3 rings (SSSR count). The van der Waals surface area contributed by atoms with Crippen LogP contribution in [0.15, 0.2) is 22.7 Å². The van der Waals surface area contributed by atoms with Crippen LogP contribution < -0.4 is 10.6 Å². The van der Waals surface area contributed by atoms with E-state index in [1.807, 2.05) is 32.0 Å². The van der Waals surface area contributed by atoms with Crippen molar-refractivity contribution in [2.45, 2.75) is 39.7 Å². The van der Waals surface area contributed by atoms with Crippen LogP contribution in [0.25, 0.3) is 0 Å². The molecule has 1 heterocycles. The first-order chi connectivity index (χ1) is 10.7. The molecule has 0 bridgehead atoms. The van der Waals surface area contributed by atoms with E-state index in [0.717, 1.165) is 36.2 Å². The fourth-order valence-electron chi connectivity index (χ4n) is 2.16. The van der Waals surface area contributed by atoms with Crippen LogP contribution in [-0.4, -0.2) is 16.0 Å². The van der Waals surface area contributed by atoms with Crippen molar-refractivity contribution < 1.29 is 9.32 Å². The second-order valence-electron chi connectivity index (χ2n) is 5.60. The number of benzene rings is 1. The van der Waals surface area contributed by atoms with Crippen LogP contribution in [0.5, 0.6) is 0 Å². The van der Waals surface area contributed by atoms with Gasteiger partial charge in [-0.05, 0) is 37.5 Å². The van der Waals surface area contributed by atoms with E-state index in [0.29, 0.717) is 18.3 Å². The highest BCUT2D eigenvalue weighted by Gasteiger charge is 2.29. The van der Waals surface area contributed by atoms with Gasteiger partial charge in [0.1, 0.15) is 0 Å². The number of hydrogen-bond acceptors (Lipinski definition) is 5. The summed E-state index contributed by atoms with van der Waals surface area (Å²) >= 11 is 0. The zero-order chi connectivity index (χ0) is 15.5. The van der Waals surface area contributed by atoms with Crippen LogP contribution in [0.4, 0.5) is 11.4 Å². The SMILES string of the molecule is CCc1noc(CNc2cc(NC(=O)C3CC3)ccc2C)n1. The summed E-state index contributed by atoms with van der Waals surface area (Å²) in [5.74, 6) is 1.57. The normalized spacial score (nSPS) is 13.9. The van der Waals surface area contributed by atoms with Crippen LogP contribution >= 0.6 is 0 Å². The number of amides is 1. The van der Waals surface area contributed by atoms with E-state index < -0.39 is 0 Å². The molecule has 6 nitrogen and oxygen atoms in total. The highest BCUT2D eigenvalue weighted by atomic mass is 16.5. The van der Waals surface area contributed by atoms with Gasteiger partial charge in [-0.1, -0.05) is 18.1 Å². The first-order valence-electron chi connectivity index (χ1n) is 7.62. The number of nitrogens with zero attached hydrogens (tertiary/aromatic N) is 2. The minimum Gasteiger partial charge on any atom is -0.376 e. The highest BCUT2D eigenvalue weighted by Crippen LogP contribution is 2.30. The summed E-state index contributed by atoms with van der Waals surface area (Å²) in [7, 11) is 0. The molecule has 1 saturated carbocycles. The van der Waals surface area contributed by atoms with Gasteiger partial charge in [-0.25, -0.2) is 0 Å². The number of carbonyl (C=O) groups is 1. The molecule has 116 valence electrons. The van der Waals surface area contributed by atoms with Gasteiger partial charge in [0, 0.05) is 23.7 Å². The molecule has 0 unspecified atom stereocenters. The molecule has 1 aliphatic rings. The fraction of sp³-hybridized carbons (Fsp3) is 0.438. The maximum absolute atomic E-state index is 11.8. The molecule has 0 aliphatic heterocycles. The van der Waals surface area contributed by atoms with Crippen molar-refractivity contribution in [1.29, 1.82) is 0 Å². The average Bonchev–Trinajstić information content (AvgIpc) is 3.27. The van der Waals surface area contributed by atoms with Crippen molar-refractivity contribution in [1.82, 2.24) is 10.1 Å². The van der Waals surface area contributed by atoms with E-state index in [-0.39, 0.29) is 11.8 Å². The lowest BCUT2D eigenvalue weighted by Crippen LogP contribution is -2.13. The summed E-state index contributed by atoms with van der Waals surface area (Å²) in [5, 5.41) is 10.1. The van der Waals surface area contributed by atoms with Crippen LogP contribution in [-0.2, 0) is 17.8 Å². The largest absolute Gasteiger partial charge is 0.376 e. The number of hydrogen-bond donors (Lipinski definition) is 2. The van der Waals surface area contributed by atoms with Crippen LogP contribution in [0.2, 0.25) is 0 Å². The smallest absolute Gasteiger partial charge is 0.245 e. The standard InChI is InChI=1S/C16H20N4O2/c1-3-14-19-15(22-20-14)9-17-13-8-12(7-4-10(13)2)18-16(21)11-5-6-11/h4,7-8,11,17H,3,5-6,9H2,1-2H3,(H,18,21). The lowest BCUT2D eigenvalue weighted by atomic mass is 10.1. The molecule has 2 aromatic rings. The Kier molecular flexibility index (Phi) is 4.09. The number of carbonyl (C=O) groups excluding carboxylic acids is 1. The Morgan fingerprint density at radius 2 is 2.23 bits per heavy atom.